The Hall–Kier alpha value is -4.81. The minimum absolute atomic E-state index is 0.191. The summed E-state index contributed by atoms with van der Waals surface area (Å²) in [7, 11) is 0. The fraction of sp³-hybridized carbons (Fsp3) is 0.344. The molecule has 0 spiro atoms. The molecule has 12 heteroatoms. The number of carbonyl (C=O) groups is 1. The Bertz CT molecular complexity index is 1590. The topological polar surface area (TPSA) is 178 Å². The normalized spacial score (nSPS) is 14.3. The molecule has 1 aliphatic rings. The summed E-state index contributed by atoms with van der Waals surface area (Å²) in [5.41, 5.74) is 9.87. The number of nitrogens with two attached hydrogens (primary N) is 1. The van der Waals surface area contributed by atoms with Crippen molar-refractivity contribution in [3.8, 4) is 0 Å². The average molecular weight is 598 g/mol. The molecule has 2 aromatic carbocycles. The molecule has 1 fully saturated rings. The van der Waals surface area contributed by atoms with E-state index in [9.17, 15) is 9.90 Å². The van der Waals surface area contributed by atoms with Crippen LogP contribution in [-0.4, -0.2) is 63.1 Å². The lowest BCUT2D eigenvalue weighted by Gasteiger charge is -2.31. The van der Waals surface area contributed by atoms with Crippen LogP contribution in [0.25, 0.3) is 0 Å². The van der Waals surface area contributed by atoms with Crippen molar-refractivity contribution < 1.29 is 14.4 Å². The van der Waals surface area contributed by atoms with Gasteiger partial charge in [-0.15, -0.1) is 0 Å². The van der Waals surface area contributed by atoms with E-state index in [1.165, 1.54) is 11.9 Å². The van der Waals surface area contributed by atoms with Gasteiger partial charge in [-0.3, -0.25) is 10.7 Å². The lowest BCUT2D eigenvalue weighted by molar-refractivity contribution is 0.164. The number of amides is 2. The number of nitrogen functional groups attached to an aromatic ring is 1. The molecule has 0 unspecified atom stereocenters. The molecule has 1 aliphatic heterocycles. The van der Waals surface area contributed by atoms with E-state index in [-0.39, 0.29) is 23.6 Å². The second-order valence-electron chi connectivity index (χ2n) is 11.9. The van der Waals surface area contributed by atoms with Gasteiger partial charge in [0.05, 0.1) is 17.9 Å². The van der Waals surface area contributed by atoms with Gasteiger partial charge in [-0.1, -0.05) is 50.2 Å². The molecule has 5 rings (SSSR count). The minimum atomic E-state index is -0.447. The van der Waals surface area contributed by atoms with Gasteiger partial charge in [-0.05, 0) is 61.7 Å². The van der Waals surface area contributed by atoms with E-state index in [2.05, 4.69) is 48.1 Å². The highest BCUT2D eigenvalue weighted by Gasteiger charge is 2.22. The number of hydrogen-bond acceptors (Lipinski definition) is 10. The molecule has 0 saturated carbocycles. The number of hydrogen-bond donors (Lipinski definition) is 6. The Balaban J connectivity index is 1.22. The second-order valence-corrected chi connectivity index (χ2v) is 11.9. The molecule has 0 atom stereocenters. The molecule has 2 aromatic heterocycles. The van der Waals surface area contributed by atoms with Gasteiger partial charge in [-0.25, -0.2) is 14.8 Å². The van der Waals surface area contributed by atoms with Gasteiger partial charge in [0, 0.05) is 35.0 Å². The van der Waals surface area contributed by atoms with Gasteiger partial charge in [-0.2, -0.15) is 0 Å². The number of nitrogens with one attached hydrogen (secondary N) is 4. The molecule has 0 aliphatic carbocycles. The molecule has 7 N–H and O–H groups in total. The monoisotopic (exact) mass is 597 g/mol. The average Bonchev–Trinajstić information content (AvgIpc) is 3.48. The first-order valence-corrected chi connectivity index (χ1v) is 14.7. The zero-order chi connectivity index (χ0) is 31.3. The van der Waals surface area contributed by atoms with Crippen LogP contribution in [0.1, 0.15) is 62.0 Å². The highest BCUT2D eigenvalue weighted by atomic mass is 16.5. The first kappa shape index (κ1) is 30.6. The van der Waals surface area contributed by atoms with Crippen molar-refractivity contribution >= 4 is 40.6 Å². The third-order valence-corrected chi connectivity index (χ3v) is 7.70. The largest absolute Gasteiger partial charge is 0.395 e. The van der Waals surface area contributed by atoms with E-state index in [0.29, 0.717) is 45.8 Å². The van der Waals surface area contributed by atoms with E-state index < -0.39 is 6.03 Å². The predicted molar refractivity (Wildman–Crippen MR) is 172 cm³/mol. The Morgan fingerprint density at radius 3 is 2.36 bits per heavy atom. The number of carbonyl (C=O) groups excluding carboxylic acids is 1. The zero-order valence-corrected chi connectivity index (χ0v) is 25.2. The number of urea groups is 1. The summed E-state index contributed by atoms with van der Waals surface area (Å²) >= 11 is 0. The Kier molecular flexibility index (Phi) is 9.21. The number of β-amino-alcohol motifs (C(OH)–C–C–N with tert-alkyl or cyclic N) is 1. The number of aliphatic hydroxyl groups excluding tert-OH is 1. The smallest absolute Gasteiger partial charge is 0.324 e. The summed E-state index contributed by atoms with van der Waals surface area (Å²) in [5, 5.41) is 30.7. The number of nitrogens with zero attached hydrogens (tertiary/aromatic N) is 4. The van der Waals surface area contributed by atoms with Gasteiger partial charge in [0.1, 0.15) is 23.7 Å². The van der Waals surface area contributed by atoms with E-state index in [4.69, 9.17) is 15.7 Å². The van der Waals surface area contributed by atoms with Gasteiger partial charge in [0.25, 0.3) is 0 Å². The number of benzene rings is 2. The van der Waals surface area contributed by atoms with E-state index >= 15 is 0 Å². The number of piperidine rings is 1. The van der Waals surface area contributed by atoms with Crippen LogP contribution in [0, 0.1) is 5.41 Å². The van der Waals surface area contributed by atoms with Crippen molar-refractivity contribution in [2.75, 3.05) is 47.9 Å². The third-order valence-electron chi connectivity index (χ3n) is 7.70. The van der Waals surface area contributed by atoms with Crippen LogP contribution in [0.4, 0.5) is 33.6 Å². The number of likely N-dealkylation sites (tertiary alicyclic amines) is 1. The molecule has 2 amide bonds. The molecule has 230 valence electrons. The van der Waals surface area contributed by atoms with Gasteiger partial charge in [0.15, 0.2) is 5.82 Å². The standard InChI is InChI=1S/C32H39N9O3/c1-32(2,3)25-18-26(40-44-25)39-31(43)38-24-10-8-23(9-11-24)37-30-27(29(34)35-19-36-30)28(33)22-6-4-20(5-7-22)21-12-14-41(15-13-21)16-17-42/h4-11,18-19,21,33,42H,12-17H2,1-3H3,(H3,34,35,36,37)(H2,38,39,40,43). The minimum Gasteiger partial charge on any atom is -0.395 e. The summed E-state index contributed by atoms with van der Waals surface area (Å²) in [6.07, 6.45) is 3.45. The lowest BCUT2D eigenvalue weighted by Crippen LogP contribution is -2.34. The fourth-order valence-corrected chi connectivity index (χ4v) is 5.18. The molecule has 0 radical (unpaired) electrons. The predicted octanol–water partition coefficient (Wildman–Crippen LogP) is 5.32. The van der Waals surface area contributed by atoms with Crippen LogP contribution in [0.15, 0.2) is 65.4 Å². The van der Waals surface area contributed by atoms with Crippen molar-refractivity contribution in [1.29, 1.82) is 5.41 Å². The maximum atomic E-state index is 12.5. The van der Waals surface area contributed by atoms with Crippen molar-refractivity contribution in [2.24, 2.45) is 0 Å². The zero-order valence-electron chi connectivity index (χ0n) is 25.2. The second kappa shape index (κ2) is 13.2. The van der Waals surface area contributed by atoms with Crippen LogP contribution < -0.4 is 21.7 Å². The van der Waals surface area contributed by atoms with Gasteiger partial charge in [0.2, 0.25) is 0 Å². The first-order chi connectivity index (χ1) is 21.1. The Labute approximate surface area is 256 Å². The number of aliphatic hydroxyl groups is 1. The van der Waals surface area contributed by atoms with Crippen LogP contribution in [0.2, 0.25) is 0 Å². The third kappa shape index (κ3) is 7.39. The van der Waals surface area contributed by atoms with Crippen LogP contribution in [-0.2, 0) is 5.41 Å². The molecular weight excluding hydrogens is 558 g/mol. The van der Waals surface area contributed by atoms with Gasteiger partial charge < -0.3 is 30.9 Å². The first-order valence-electron chi connectivity index (χ1n) is 14.7. The van der Waals surface area contributed by atoms with Crippen molar-refractivity contribution in [1.82, 2.24) is 20.0 Å². The highest BCUT2D eigenvalue weighted by molar-refractivity contribution is 6.16. The number of anilines is 5. The fourth-order valence-electron chi connectivity index (χ4n) is 5.18. The van der Waals surface area contributed by atoms with Crippen LogP contribution in [0.3, 0.4) is 0 Å². The van der Waals surface area contributed by atoms with Crippen molar-refractivity contribution in [3.05, 3.63) is 83.4 Å². The summed E-state index contributed by atoms with van der Waals surface area (Å²) < 4.78 is 5.31. The number of rotatable bonds is 9. The van der Waals surface area contributed by atoms with Crippen LogP contribution in [0.5, 0.6) is 0 Å². The van der Waals surface area contributed by atoms with E-state index in [0.717, 1.165) is 32.5 Å². The highest BCUT2D eigenvalue weighted by Crippen LogP contribution is 2.30. The molecule has 4 aromatic rings. The number of aromatic nitrogens is 3. The summed E-state index contributed by atoms with van der Waals surface area (Å²) in [4.78, 5) is 23.3. The molecule has 44 heavy (non-hydrogen) atoms. The summed E-state index contributed by atoms with van der Waals surface area (Å²) in [6.45, 7) is 8.86. The lowest BCUT2D eigenvalue weighted by atomic mass is 9.88. The van der Waals surface area contributed by atoms with Crippen molar-refractivity contribution in [2.45, 2.75) is 44.9 Å². The maximum absolute atomic E-state index is 12.5. The van der Waals surface area contributed by atoms with Crippen molar-refractivity contribution in [3.63, 3.8) is 0 Å². The summed E-state index contributed by atoms with van der Waals surface area (Å²) in [6, 6.07) is 16.4. The maximum Gasteiger partial charge on any atom is 0.324 e. The summed E-state index contributed by atoms with van der Waals surface area (Å²) in [5.74, 6) is 2.07. The van der Waals surface area contributed by atoms with E-state index in [1.54, 1.807) is 30.3 Å². The Morgan fingerprint density at radius 1 is 1.05 bits per heavy atom. The SMILES string of the molecule is CC(C)(C)c1cc(NC(=O)Nc2ccc(Nc3ncnc(N)c3C(=N)c3ccc(C4CCN(CCO)CC4)cc3)cc2)no1. The van der Waals surface area contributed by atoms with E-state index in [1.807, 2.05) is 32.9 Å². The quantitative estimate of drug-likeness (QED) is 0.139. The molecule has 1 saturated heterocycles. The molecule has 12 nitrogen and oxygen atoms in total. The molecule has 0 bridgehead atoms. The van der Waals surface area contributed by atoms with Gasteiger partial charge >= 0.3 is 6.03 Å². The molecule has 3 heterocycles. The Morgan fingerprint density at radius 2 is 1.73 bits per heavy atom. The molecular formula is C32H39N9O3. The van der Waals surface area contributed by atoms with Crippen LogP contribution >= 0.6 is 0 Å².